The van der Waals surface area contributed by atoms with Gasteiger partial charge in [-0.2, -0.15) is 5.10 Å². The van der Waals surface area contributed by atoms with E-state index in [1.807, 2.05) is 0 Å². The molecule has 2 rings (SSSR count). The molecular weight excluding hydrogens is 228 g/mol. The lowest BCUT2D eigenvalue weighted by atomic mass is 9.82. The molecule has 1 amide bonds. The second-order valence-electron chi connectivity index (χ2n) is 4.95. The van der Waals surface area contributed by atoms with E-state index in [0.29, 0.717) is 12.5 Å². The van der Waals surface area contributed by atoms with E-state index in [4.69, 9.17) is 11.5 Å². The van der Waals surface area contributed by atoms with Gasteiger partial charge in [0, 0.05) is 5.69 Å². The smallest absolute Gasteiger partial charge is 0.239 e. The van der Waals surface area contributed by atoms with Crippen LogP contribution >= 0.6 is 0 Å². The molecule has 0 radical (unpaired) electrons. The molecule has 1 unspecified atom stereocenters. The van der Waals surface area contributed by atoms with Crippen LogP contribution in [0, 0.1) is 0 Å². The van der Waals surface area contributed by atoms with Crippen molar-refractivity contribution in [3.63, 3.8) is 0 Å². The SMILES string of the molecule is CCc1nn(CC(N)=O)c2c1C(CCN)CCC2. The molecule has 0 spiro atoms. The number of aryl methyl sites for hydroxylation is 1. The minimum Gasteiger partial charge on any atom is -0.368 e. The number of primary amides is 1. The highest BCUT2D eigenvalue weighted by molar-refractivity contribution is 5.73. The zero-order valence-corrected chi connectivity index (χ0v) is 11.0. The number of carbonyl (C=O) groups excluding carboxylic acids is 1. The van der Waals surface area contributed by atoms with Gasteiger partial charge >= 0.3 is 0 Å². The van der Waals surface area contributed by atoms with E-state index >= 15 is 0 Å². The van der Waals surface area contributed by atoms with Crippen molar-refractivity contribution in [3.05, 3.63) is 17.0 Å². The van der Waals surface area contributed by atoms with E-state index in [-0.39, 0.29) is 12.5 Å². The third-order valence-corrected chi connectivity index (χ3v) is 3.70. The fourth-order valence-electron chi connectivity index (χ4n) is 2.99. The number of carbonyl (C=O) groups is 1. The van der Waals surface area contributed by atoms with Crippen LogP contribution in [0.4, 0.5) is 0 Å². The fourth-order valence-corrected chi connectivity index (χ4v) is 2.99. The molecule has 1 aliphatic rings. The Hall–Kier alpha value is -1.36. The van der Waals surface area contributed by atoms with E-state index in [0.717, 1.165) is 31.4 Å². The molecule has 1 heterocycles. The zero-order chi connectivity index (χ0) is 13.1. The zero-order valence-electron chi connectivity index (χ0n) is 11.0. The lowest BCUT2D eigenvalue weighted by Crippen LogP contribution is -2.22. The molecule has 18 heavy (non-hydrogen) atoms. The standard InChI is InChI=1S/C13H22N4O/c1-2-10-13-9(6-7-14)4-3-5-11(13)17(16-10)8-12(15)18/h9H,2-8,14H2,1H3,(H2,15,18). The van der Waals surface area contributed by atoms with Gasteiger partial charge in [-0.3, -0.25) is 9.48 Å². The Labute approximate surface area is 108 Å². The van der Waals surface area contributed by atoms with Crippen LogP contribution in [0.2, 0.25) is 0 Å². The molecule has 5 heteroatoms. The number of nitrogens with zero attached hydrogens (tertiary/aromatic N) is 2. The summed E-state index contributed by atoms with van der Waals surface area (Å²) in [5.41, 5.74) is 14.6. The Morgan fingerprint density at radius 2 is 2.33 bits per heavy atom. The van der Waals surface area contributed by atoms with Crippen LogP contribution < -0.4 is 11.5 Å². The molecule has 1 atom stereocenters. The third-order valence-electron chi connectivity index (χ3n) is 3.70. The summed E-state index contributed by atoms with van der Waals surface area (Å²) in [7, 11) is 0. The van der Waals surface area contributed by atoms with Crippen molar-refractivity contribution in [2.45, 2.75) is 51.5 Å². The van der Waals surface area contributed by atoms with Gasteiger partial charge in [-0.25, -0.2) is 0 Å². The van der Waals surface area contributed by atoms with Gasteiger partial charge in [0.15, 0.2) is 0 Å². The van der Waals surface area contributed by atoms with Crippen LogP contribution in [0.25, 0.3) is 0 Å². The van der Waals surface area contributed by atoms with Crippen LogP contribution in [0.1, 0.15) is 49.1 Å². The molecule has 0 aromatic carbocycles. The van der Waals surface area contributed by atoms with E-state index < -0.39 is 0 Å². The predicted octanol–water partition coefficient (Wildman–Crippen LogP) is 0.699. The normalized spacial score (nSPS) is 18.7. The number of aromatic nitrogens is 2. The van der Waals surface area contributed by atoms with Crippen molar-refractivity contribution in [2.75, 3.05) is 6.54 Å². The quantitative estimate of drug-likeness (QED) is 0.806. The highest BCUT2D eigenvalue weighted by Crippen LogP contribution is 2.36. The van der Waals surface area contributed by atoms with E-state index in [2.05, 4.69) is 12.0 Å². The summed E-state index contributed by atoms with van der Waals surface area (Å²) in [5, 5.41) is 4.56. The topological polar surface area (TPSA) is 86.9 Å². The average molecular weight is 250 g/mol. The molecule has 1 aromatic rings. The third kappa shape index (κ3) is 2.41. The Morgan fingerprint density at radius 1 is 1.56 bits per heavy atom. The van der Waals surface area contributed by atoms with Crippen molar-refractivity contribution in [1.82, 2.24) is 9.78 Å². The largest absolute Gasteiger partial charge is 0.368 e. The van der Waals surface area contributed by atoms with E-state index in [1.165, 1.54) is 17.7 Å². The maximum absolute atomic E-state index is 11.1. The van der Waals surface area contributed by atoms with Crippen molar-refractivity contribution < 1.29 is 4.79 Å². The van der Waals surface area contributed by atoms with Crippen LogP contribution in [0.5, 0.6) is 0 Å². The lowest BCUT2D eigenvalue weighted by molar-refractivity contribution is -0.118. The molecule has 0 aliphatic heterocycles. The second-order valence-corrected chi connectivity index (χ2v) is 4.95. The van der Waals surface area contributed by atoms with Gasteiger partial charge in [0.1, 0.15) is 6.54 Å². The van der Waals surface area contributed by atoms with Crippen LogP contribution in [0.15, 0.2) is 0 Å². The summed E-state index contributed by atoms with van der Waals surface area (Å²) >= 11 is 0. The van der Waals surface area contributed by atoms with Crippen LogP contribution in [-0.2, 0) is 24.2 Å². The van der Waals surface area contributed by atoms with Crippen molar-refractivity contribution >= 4 is 5.91 Å². The lowest BCUT2D eigenvalue weighted by Gasteiger charge is -2.23. The highest BCUT2D eigenvalue weighted by atomic mass is 16.1. The first-order valence-electron chi connectivity index (χ1n) is 6.74. The van der Waals surface area contributed by atoms with Crippen molar-refractivity contribution in [1.29, 1.82) is 0 Å². The van der Waals surface area contributed by atoms with Gasteiger partial charge in [-0.05, 0) is 50.1 Å². The molecule has 5 nitrogen and oxygen atoms in total. The fraction of sp³-hybridized carbons (Fsp3) is 0.692. The van der Waals surface area contributed by atoms with Gasteiger partial charge in [0.25, 0.3) is 0 Å². The van der Waals surface area contributed by atoms with Crippen molar-refractivity contribution in [3.8, 4) is 0 Å². The Morgan fingerprint density at radius 3 is 2.94 bits per heavy atom. The second kappa shape index (κ2) is 5.52. The molecule has 1 aromatic heterocycles. The summed E-state index contributed by atoms with van der Waals surface area (Å²) < 4.78 is 1.80. The first kappa shape index (κ1) is 13.1. The molecule has 0 bridgehead atoms. The molecular formula is C13H22N4O. The number of fused-ring (bicyclic) bond motifs is 1. The monoisotopic (exact) mass is 250 g/mol. The van der Waals surface area contributed by atoms with Crippen LogP contribution in [-0.4, -0.2) is 22.2 Å². The summed E-state index contributed by atoms with van der Waals surface area (Å²) in [5.74, 6) is 0.180. The number of amides is 1. The Bertz CT molecular complexity index is 438. The summed E-state index contributed by atoms with van der Waals surface area (Å²) in [6, 6.07) is 0. The maximum Gasteiger partial charge on any atom is 0.239 e. The predicted molar refractivity (Wildman–Crippen MR) is 70.1 cm³/mol. The number of hydrogen-bond acceptors (Lipinski definition) is 3. The summed E-state index contributed by atoms with van der Waals surface area (Å²) in [6.07, 6.45) is 5.22. The molecule has 0 saturated heterocycles. The average Bonchev–Trinajstić information content (AvgIpc) is 2.68. The van der Waals surface area contributed by atoms with Gasteiger partial charge in [0.2, 0.25) is 5.91 Å². The number of nitrogens with two attached hydrogens (primary N) is 2. The minimum atomic E-state index is -0.330. The maximum atomic E-state index is 11.1. The molecule has 0 fully saturated rings. The molecule has 4 N–H and O–H groups in total. The van der Waals surface area contributed by atoms with Crippen LogP contribution in [0.3, 0.4) is 0 Å². The van der Waals surface area contributed by atoms with Crippen molar-refractivity contribution in [2.24, 2.45) is 11.5 Å². The molecule has 0 saturated carbocycles. The minimum absolute atomic E-state index is 0.192. The first-order chi connectivity index (χ1) is 8.67. The number of hydrogen-bond donors (Lipinski definition) is 2. The number of rotatable bonds is 5. The first-order valence-corrected chi connectivity index (χ1v) is 6.74. The van der Waals surface area contributed by atoms with Gasteiger partial charge < -0.3 is 11.5 Å². The van der Waals surface area contributed by atoms with Gasteiger partial charge in [-0.1, -0.05) is 6.92 Å². The van der Waals surface area contributed by atoms with Gasteiger partial charge in [-0.15, -0.1) is 0 Å². The molecule has 100 valence electrons. The Balaban J connectivity index is 2.39. The Kier molecular flexibility index (Phi) is 4.01. The highest BCUT2D eigenvalue weighted by Gasteiger charge is 2.27. The summed E-state index contributed by atoms with van der Waals surface area (Å²) in [6.45, 7) is 3.00. The van der Waals surface area contributed by atoms with Gasteiger partial charge in [0.05, 0.1) is 5.69 Å². The van der Waals surface area contributed by atoms with E-state index in [1.54, 1.807) is 4.68 Å². The molecule has 1 aliphatic carbocycles. The summed E-state index contributed by atoms with van der Waals surface area (Å²) in [4.78, 5) is 11.1. The van der Waals surface area contributed by atoms with E-state index in [9.17, 15) is 4.79 Å².